The molecule has 1 aromatic rings. The fourth-order valence-corrected chi connectivity index (χ4v) is 1.78. The molecule has 0 amide bonds. The van der Waals surface area contributed by atoms with Gasteiger partial charge in [-0.3, -0.25) is 4.99 Å². The highest BCUT2D eigenvalue weighted by atomic mass is 16.5. The third-order valence-corrected chi connectivity index (χ3v) is 2.66. The van der Waals surface area contributed by atoms with Crippen molar-refractivity contribution < 1.29 is 4.74 Å². The van der Waals surface area contributed by atoms with Gasteiger partial charge < -0.3 is 4.74 Å². The van der Waals surface area contributed by atoms with Crippen molar-refractivity contribution in [3.05, 3.63) is 35.4 Å². The smallest absolute Gasteiger partial charge is 0.126 e. The number of benzene rings is 1. The molecule has 2 rings (SSSR count). The minimum absolute atomic E-state index is 0.921. The van der Waals surface area contributed by atoms with E-state index >= 15 is 0 Å². The molecule has 0 fully saturated rings. The zero-order valence-corrected chi connectivity index (χ0v) is 9.16. The van der Waals surface area contributed by atoms with Gasteiger partial charge in [0.2, 0.25) is 0 Å². The Morgan fingerprint density at radius 1 is 1.33 bits per heavy atom. The molecule has 0 aromatic heterocycles. The lowest BCUT2D eigenvalue weighted by molar-refractivity contribution is 0.414. The first-order valence-corrected chi connectivity index (χ1v) is 5.16. The summed E-state index contributed by atoms with van der Waals surface area (Å²) in [5.41, 5.74) is 3.60. The topological polar surface area (TPSA) is 21.6 Å². The zero-order chi connectivity index (χ0) is 10.7. The highest BCUT2D eigenvalue weighted by Gasteiger charge is 2.09. The molecule has 2 nitrogen and oxygen atoms in total. The van der Waals surface area contributed by atoms with Crippen molar-refractivity contribution in [1.29, 1.82) is 0 Å². The van der Waals surface area contributed by atoms with E-state index in [0.29, 0.717) is 0 Å². The van der Waals surface area contributed by atoms with Crippen LogP contribution in [-0.4, -0.2) is 19.4 Å². The second kappa shape index (κ2) is 4.30. The van der Waals surface area contributed by atoms with Gasteiger partial charge >= 0.3 is 0 Å². The van der Waals surface area contributed by atoms with Gasteiger partial charge in [-0.2, -0.15) is 0 Å². The van der Waals surface area contributed by atoms with Crippen molar-refractivity contribution in [2.45, 2.75) is 13.3 Å². The lowest BCUT2D eigenvalue weighted by Crippen LogP contribution is -1.91. The van der Waals surface area contributed by atoms with Crippen LogP contribution in [0.2, 0.25) is 0 Å². The third kappa shape index (κ3) is 2.09. The number of hydrogen-bond acceptors (Lipinski definition) is 2. The van der Waals surface area contributed by atoms with E-state index in [0.717, 1.165) is 30.0 Å². The lowest BCUT2D eigenvalue weighted by Gasteiger charge is -2.05. The van der Waals surface area contributed by atoms with Crippen LogP contribution in [0.5, 0.6) is 5.75 Å². The van der Waals surface area contributed by atoms with Gasteiger partial charge in [0.1, 0.15) is 5.75 Å². The van der Waals surface area contributed by atoms with Gasteiger partial charge in [-0.25, -0.2) is 0 Å². The molecule has 0 aliphatic carbocycles. The molecule has 78 valence electrons. The van der Waals surface area contributed by atoms with Crippen molar-refractivity contribution in [2.24, 2.45) is 4.99 Å². The zero-order valence-electron chi connectivity index (χ0n) is 9.16. The van der Waals surface area contributed by atoms with Crippen molar-refractivity contribution in [1.82, 2.24) is 0 Å². The molecule has 1 aliphatic heterocycles. The Hall–Kier alpha value is -1.57. The average molecular weight is 201 g/mol. The van der Waals surface area contributed by atoms with Gasteiger partial charge in [-0.05, 0) is 31.1 Å². The molecule has 0 N–H and O–H groups in total. The van der Waals surface area contributed by atoms with Crippen molar-refractivity contribution in [3.8, 4) is 5.75 Å². The molecule has 0 bridgehead atoms. The van der Waals surface area contributed by atoms with Gasteiger partial charge in [0.05, 0.1) is 7.11 Å². The van der Waals surface area contributed by atoms with Gasteiger partial charge in [-0.1, -0.05) is 18.2 Å². The molecule has 15 heavy (non-hydrogen) atoms. The second-order valence-corrected chi connectivity index (χ2v) is 3.63. The summed E-state index contributed by atoms with van der Waals surface area (Å²) in [5.74, 6) is 0.921. The maximum absolute atomic E-state index is 5.31. The summed E-state index contributed by atoms with van der Waals surface area (Å²) in [4.78, 5) is 4.38. The molecule has 2 heteroatoms. The van der Waals surface area contributed by atoms with Crippen molar-refractivity contribution in [2.75, 3.05) is 13.7 Å². The van der Waals surface area contributed by atoms with E-state index in [1.54, 1.807) is 7.11 Å². The fraction of sp³-hybridized carbons (Fsp3) is 0.308. The quantitative estimate of drug-likeness (QED) is 0.721. The number of nitrogens with zero attached hydrogens (tertiary/aromatic N) is 1. The normalized spacial score (nSPS) is 18.0. The van der Waals surface area contributed by atoms with E-state index in [9.17, 15) is 0 Å². The number of methoxy groups -OCH3 is 1. The first-order chi connectivity index (χ1) is 7.31. The second-order valence-electron chi connectivity index (χ2n) is 3.63. The molecule has 0 atom stereocenters. The fourth-order valence-electron chi connectivity index (χ4n) is 1.78. The van der Waals surface area contributed by atoms with Crippen LogP contribution < -0.4 is 4.74 Å². The van der Waals surface area contributed by atoms with Crippen molar-refractivity contribution >= 4 is 11.8 Å². The van der Waals surface area contributed by atoms with Gasteiger partial charge in [-0.15, -0.1) is 0 Å². The van der Waals surface area contributed by atoms with Crippen LogP contribution in [0.3, 0.4) is 0 Å². The average Bonchev–Trinajstić information content (AvgIpc) is 2.65. The summed E-state index contributed by atoms with van der Waals surface area (Å²) in [7, 11) is 1.70. The number of aliphatic imine (C=N–C) groups is 1. The molecule has 1 aromatic carbocycles. The largest absolute Gasteiger partial charge is 0.496 e. The lowest BCUT2D eigenvalue weighted by atomic mass is 10.1. The highest BCUT2D eigenvalue weighted by molar-refractivity contribution is 6.03. The number of rotatable bonds is 2. The van der Waals surface area contributed by atoms with Gasteiger partial charge in [0.25, 0.3) is 0 Å². The molecular formula is C13H15NO. The van der Waals surface area contributed by atoms with E-state index in [2.05, 4.69) is 24.1 Å². The summed E-state index contributed by atoms with van der Waals surface area (Å²) in [6.07, 6.45) is 3.22. The first-order valence-electron chi connectivity index (χ1n) is 5.16. The Kier molecular flexibility index (Phi) is 2.86. The predicted molar refractivity (Wildman–Crippen MR) is 63.6 cm³/mol. The summed E-state index contributed by atoms with van der Waals surface area (Å²) in [5, 5.41) is 0. The Balaban J connectivity index is 2.34. The number of ether oxygens (including phenoxy) is 1. The maximum atomic E-state index is 5.31. The van der Waals surface area contributed by atoms with E-state index in [1.165, 1.54) is 5.57 Å². The molecule has 0 unspecified atom stereocenters. The number of para-hydroxylation sites is 1. The Morgan fingerprint density at radius 3 is 2.80 bits per heavy atom. The Bertz CT molecular complexity index is 418. The predicted octanol–water partition coefficient (Wildman–Crippen LogP) is 2.94. The maximum Gasteiger partial charge on any atom is 0.126 e. The SMILES string of the molecule is COc1ccccc1/C=C1\CCN=C1C. The summed E-state index contributed by atoms with van der Waals surface area (Å²) < 4.78 is 5.31. The van der Waals surface area contributed by atoms with Crippen LogP contribution in [0.15, 0.2) is 34.8 Å². The Labute approximate surface area is 90.3 Å². The van der Waals surface area contributed by atoms with E-state index in [1.807, 2.05) is 18.2 Å². The van der Waals surface area contributed by atoms with E-state index < -0.39 is 0 Å². The van der Waals surface area contributed by atoms with Crippen LogP contribution in [0.1, 0.15) is 18.9 Å². The van der Waals surface area contributed by atoms with Gasteiger partial charge in [0.15, 0.2) is 0 Å². The molecule has 0 radical (unpaired) electrons. The van der Waals surface area contributed by atoms with Crippen LogP contribution in [0.25, 0.3) is 6.08 Å². The third-order valence-electron chi connectivity index (χ3n) is 2.66. The van der Waals surface area contributed by atoms with Crippen LogP contribution >= 0.6 is 0 Å². The molecule has 0 spiro atoms. The number of hydrogen-bond donors (Lipinski definition) is 0. The molecular weight excluding hydrogens is 186 g/mol. The van der Waals surface area contributed by atoms with Crippen LogP contribution in [-0.2, 0) is 0 Å². The standard InChI is InChI=1S/C13H15NO/c1-10-11(7-8-14-10)9-12-5-3-4-6-13(12)15-2/h3-6,9H,7-8H2,1-2H3/b11-9+. The Morgan fingerprint density at radius 2 is 2.13 bits per heavy atom. The molecule has 1 heterocycles. The summed E-state index contributed by atoms with van der Waals surface area (Å²) in [6.45, 7) is 2.99. The summed E-state index contributed by atoms with van der Waals surface area (Å²) in [6, 6.07) is 8.05. The van der Waals surface area contributed by atoms with Crippen molar-refractivity contribution in [3.63, 3.8) is 0 Å². The van der Waals surface area contributed by atoms with Crippen LogP contribution in [0.4, 0.5) is 0 Å². The van der Waals surface area contributed by atoms with Gasteiger partial charge in [0, 0.05) is 17.8 Å². The minimum atomic E-state index is 0.921. The molecule has 1 aliphatic rings. The minimum Gasteiger partial charge on any atom is -0.496 e. The van der Waals surface area contributed by atoms with E-state index in [4.69, 9.17) is 4.74 Å². The molecule has 0 saturated heterocycles. The summed E-state index contributed by atoms with van der Waals surface area (Å²) >= 11 is 0. The molecule has 0 saturated carbocycles. The first kappa shape index (κ1) is 9.97. The highest BCUT2D eigenvalue weighted by Crippen LogP contribution is 2.23. The van der Waals surface area contributed by atoms with Crippen LogP contribution in [0, 0.1) is 0 Å². The van der Waals surface area contributed by atoms with E-state index in [-0.39, 0.29) is 0 Å². The monoisotopic (exact) mass is 201 g/mol.